The molecule has 0 spiro atoms. The minimum atomic E-state index is -0.0363. The second kappa shape index (κ2) is 9.19. The summed E-state index contributed by atoms with van der Waals surface area (Å²) in [5, 5.41) is 5.01. The molecule has 0 saturated carbocycles. The van der Waals surface area contributed by atoms with Gasteiger partial charge in [0, 0.05) is 41.0 Å². The summed E-state index contributed by atoms with van der Waals surface area (Å²) < 4.78 is 0. The molecule has 152 valence electrons. The zero-order chi connectivity index (χ0) is 20.9. The van der Waals surface area contributed by atoms with Crippen molar-refractivity contribution in [2.75, 3.05) is 6.54 Å². The minimum absolute atomic E-state index is 0.0363. The molecule has 3 nitrogen and oxygen atoms in total. The predicted octanol–water partition coefficient (Wildman–Crippen LogP) is 6.26. The maximum atomic E-state index is 12.7. The van der Waals surface area contributed by atoms with E-state index in [1.807, 2.05) is 60.8 Å². The molecule has 0 bridgehead atoms. The smallest absolute Gasteiger partial charge is 0.220 e. The van der Waals surface area contributed by atoms with Gasteiger partial charge in [-0.05, 0) is 34.7 Å². The number of rotatable bonds is 7. The van der Waals surface area contributed by atoms with Crippen molar-refractivity contribution in [3.05, 3.63) is 107 Å². The molecular formula is C26H25ClN2O. The first-order chi connectivity index (χ1) is 14.6. The quantitative estimate of drug-likeness (QED) is 0.366. The fourth-order valence-electron chi connectivity index (χ4n) is 3.99. The lowest BCUT2D eigenvalue weighted by Gasteiger charge is -2.20. The molecule has 0 unspecified atom stereocenters. The van der Waals surface area contributed by atoms with Crippen LogP contribution in [-0.4, -0.2) is 17.4 Å². The minimum Gasteiger partial charge on any atom is -0.361 e. The summed E-state index contributed by atoms with van der Waals surface area (Å²) in [4.78, 5) is 16.1. The van der Waals surface area contributed by atoms with Crippen molar-refractivity contribution in [1.29, 1.82) is 0 Å². The van der Waals surface area contributed by atoms with Crippen LogP contribution in [0.15, 0.2) is 85.1 Å². The highest BCUT2D eigenvalue weighted by atomic mass is 35.5. The van der Waals surface area contributed by atoms with Crippen molar-refractivity contribution in [2.24, 2.45) is 0 Å². The molecule has 0 radical (unpaired) electrons. The van der Waals surface area contributed by atoms with Gasteiger partial charge in [-0.25, -0.2) is 0 Å². The lowest BCUT2D eigenvalue weighted by Crippen LogP contribution is -2.29. The lowest BCUT2D eigenvalue weighted by atomic mass is 9.90. The molecular weight excluding hydrogens is 392 g/mol. The van der Waals surface area contributed by atoms with E-state index in [9.17, 15) is 4.79 Å². The SMILES string of the molecule is C[C@H](CC(=O)NC[C@@H](c1ccccc1Cl)c1c[nH]c2ccccc12)c1ccccc1. The number of hydrogen-bond donors (Lipinski definition) is 2. The van der Waals surface area contributed by atoms with Crippen LogP contribution >= 0.6 is 11.6 Å². The summed E-state index contributed by atoms with van der Waals surface area (Å²) in [5.74, 6) is 0.173. The summed E-state index contributed by atoms with van der Waals surface area (Å²) in [6, 6.07) is 26.2. The number of hydrogen-bond acceptors (Lipinski definition) is 1. The van der Waals surface area contributed by atoms with Crippen molar-refractivity contribution in [3.63, 3.8) is 0 Å². The van der Waals surface area contributed by atoms with Gasteiger partial charge in [-0.15, -0.1) is 0 Å². The molecule has 2 N–H and O–H groups in total. The number of H-pyrrole nitrogens is 1. The van der Waals surface area contributed by atoms with Gasteiger partial charge in [0.2, 0.25) is 5.91 Å². The van der Waals surface area contributed by atoms with Crippen molar-refractivity contribution in [1.82, 2.24) is 10.3 Å². The predicted molar refractivity (Wildman–Crippen MR) is 124 cm³/mol. The second-order valence-electron chi connectivity index (χ2n) is 7.68. The van der Waals surface area contributed by atoms with Gasteiger partial charge < -0.3 is 10.3 Å². The number of carbonyl (C=O) groups excluding carboxylic acids is 1. The van der Waals surface area contributed by atoms with Gasteiger partial charge in [-0.3, -0.25) is 4.79 Å². The number of para-hydroxylation sites is 1. The molecule has 1 amide bonds. The standard InChI is InChI=1S/C26H25ClN2O/c1-18(19-9-3-2-4-10-19)15-26(30)29-17-22(20-11-5-7-13-24(20)27)23-16-28-25-14-8-6-12-21(23)25/h2-14,16,18,22,28H,15,17H2,1H3,(H,29,30)/t18-,22+/m1/s1. The molecule has 4 aromatic rings. The molecule has 0 aliphatic carbocycles. The van der Waals surface area contributed by atoms with Crippen molar-refractivity contribution in [2.45, 2.75) is 25.2 Å². The molecule has 3 aromatic carbocycles. The van der Waals surface area contributed by atoms with Crippen LogP contribution in [0.3, 0.4) is 0 Å². The van der Waals surface area contributed by atoms with Gasteiger partial charge in [0.1, 0.15) is 0 Å². The molecule has 0 aliphatic rings. The van der Waals surface area contributed by atoms with E-state index < -0.39 is 0 Å². The maximum Gasteiger partial charge on any atom is 0.220 e. The zero-order valence-electron chi connectivity index (χ0n) is 16.9. The van der Waals surface area contributed by atoms with E-state index in [4.69, 9.17) is 11.6 Å². The zero-order valence-corrected chi connectivity index (χ0v) is 17.7. The Morgan fingerprint density at radius 2 is 1.63 bits per heavy atom. The number of aromatic amines is 1. The van der Waals surface area contributed by atoms with Gasteiger partial charge in [0.15, 0.2) is 0 Å². The van der Waals surface area contributed by atoms with Crippen LogP contribution in [0, 0.1) is 0 Å². The molecule has 0 aliphatic heterocycles. The number of carbonyl (C=O) groups is 1. The van der Waals surface area contributed by atoms with Crippen LogP contribution in [0.25, 0.3) is 10.9 Å². The summed E-state index contributed by atoms with van der Waals surface area (Å²) in [5.41, 5.74) is 4.40. The summed E-state index contributed by atoms with van der Waals surface area (Å²) in [6.07, 6.45) is 2.48. The normalized spacial score (nSPS) is 13.1. The van der Waals surface area contributed by atoms with E-state index in [2.05, 4.69) is 41.5 Å². The van der Waals surface area contributed by atoms with Crippen molar-refractivity contribution >= 4 is 28.4 Å². The van der Waals surface area contributed by atoms with E-state index >= 15 is 0 Å². The van der Waals surface area contributed by atoms with Crippen LogP contribution in [-0.2, 0) is 4.79 Å². The second-order valence-corrected chi connectivity index (χ2v) is 8.09. The van der Waals surface area contributed by atoms with Gasteiger partial charge in [-0.1, -0.05) is 85.3 Å². The van der Waals surface area contributed by atoms with Crippen LogP contribution in [0.4, 0.5) is 0 Å². The van der Waals surface area contributed by atoms with Crippen LogP contribution in [0.1, 0.15) is 41.9 Å². The van der Waals surface area contributed by atoms with Crippen LogP contribution < -0.4 is 5.32 Å². The Kier molecular flexibility index (Phi) is 6.20. The number of aromatic nitrogens is 1. The molecule has 1 aromatic heterocycles. The molecule has 1 heterocycles. The first-order valence-corrected chi connectivity index (χ1v) is 10.6. The van der Waals surface area contributed by atoms with Gasteiger partial charge in [0.05, 0.1) is 0 Å². The van der Waals surface area contributed by atoms with Crippen LogP contribution in [0.5, 0.6) is 0 Å². The molecule has 0 saturated heterocycles. The first-order valence-electron chi connectivity index (χ1n) is 10.3. The molecule has 2 atom stereocenters. The Morgan fingerprint density at radius 1 is 0.933 bits per heavy atom. The number of fused-ring (bicyclic) bond motifs is 1. The third-order valence-electron chi connectivity index (χ3n) is 5.64. The monoisotopic (exact) mass is 416 g/mol. The highest BCUT2D eigenvalue weighted by Gasteiger charge is 2.21. The summed E-state index contributed by atoms with van der Waals surface area (Å²) >= 11 is 6.54. The van der Waals surface area contributed by atoms with E-state index in [-0.39, 0.29) is 17.7 Å². The summed E-state index contributed by atoms with van der Waals surface area (Å²) in [7, 11) is 0. The average molecular weight is 417 g/mol. The van der Waals surface area contributed by atoms with E-state index in [0.717, 1.165) is 22.0 Å². The molecule has 4 heteroatoms. The Balaban J connectivity index is 1.55. The third kappa shape index (κ3) is 4.42. The molecule has 4 rings (SSSR count). The number of halogens is 1. The number of nitrogens with one attached hydrogen (secondary N) is 2. The number of benzene rings is 3. The lowest BCUT2D eigenvalue weighted by molar-refractivity contribution is -0.121. The van der Waals surface area contributed by atoms with Crippen molar-refractivity contribution in [3.8, 4) is 0 Å². The van der Waals surface area contributed by atoms with Crippen molar-refractivity contribution < 1.29 is 4.79 Å². The van der Waals surface area contributed by atoms with Crippen LogP contribution in [0.2, 0.25) is 5.02 Å². The summed E-state index contributed by atoms with van der Waals surface area (Å²) in [6.45, 7) is 2.58. The fourth-order valence-corrected chi connectivity index (χ4v) is 4.26. The van der Waals surface area contributed by atoms with Gasteiger partial charge in [-0.2, -0.15) is 0 Å². The Morgan fingerprint density at radius 3 is 2.43 bits per heavy atom. The molecule has 0 fully saturated rings. The highest BCUT2D eigenvalue weighted by molar-refractivity contribution is 6.31. The van der Waals surface area contributed by atoms with E-state index in [1.54, 1.807) is 0 Å². The molecule has 30 heavy (non-hydrogen) atoms. The third-order valence-corrected chi connectivity index (χ3v) is 5.99. The van der Waals surface area contributed by atoms with Gasteiger partial charge in [0.25, 0.3) is 0 Å². The first kappa shape index (κ1) is 20.2. The Labute approximate surface area is 182 Å². The Hall–Kier alpha value is -3.04. The topological polar surface area (TPSA) is 44.9 Å². The largest absolute Gasteiger partial charge is 0.361 e. The fraction of sp³-hybridized carbons (Fsp3) is 0.192. The Bertz CT molecular complexity index is 1140. The average Bonchev–Trinajstić information content (AvgIpc) is 3.20. The van der Waals surface area contributed by atoms with E-state index in [1.165, 1.54) is 5.56 Å². The number of amides is 1. The highest BCUT2D eigenvalue weighted by Crippen LogP contribution is 2.34. The van der Waals surface area contributed by atoms with E-state index in [0.29, 0.717) is 18.0 Å². The van der Waals surface area contributed by atoms with Gasteiger partial charge >= 0.3 is 0 Å². The maximum absolute atomic E-state index is 12.7.